The highest BCUT2D eigenvalue weighted by Gasteiger charge is 2.17. The molecular weight excluding hydrogens is 244 g/mol. The van der Waals surface area contributed by atoms with E-state index in [0.717, 1.165) is 25.9 Å². The monoisotopic (exact) mass is 262 g/mol. The number of nitrogens with one attached hydrogen (secondary N) is 1. The van der Waals surface area contributed by atoms with Crippen molar-refractivity contribution in [2.45, 2.75) is 19.8 Å². The average Bonchev–Trinajstić information content (AvgIpc) is 2.94. The summed E-state index contributed by atoms with van der Waals surface area (Å²) < 4.78 is 4.90. The molecule has 102 valence electrons. The Bertz CT molecular complexity index is 450. The van der Waals surface area contributed by atoms with E-state index in [0.29, 0.717) is 17.9 Å². The van der Waals surface area contributed by atoms with Gasteiger partial charge in [-0.2, -0.15) is 0 Å². The SMILES string of the molecule is CCOC(=O)c1ccc(NC(=O)N2CCCC2)cc1. The van der Waals surface area contributed by atoms with Crippen molar-refractivity contribution in [3.63, 3.8) is 0 Å². The maximum absolute atomic E-state index is 11.9. The van der Waals surface area contributed by atoms with Crippen LogP contribution in [0.5, 0.6) is 0 Å². The third-order valence-corrected chi connectivity index (χ3v) is 3.04. The van der Waals surface area contributed by atoms with Gasteiger partial charge in [0, 0.05) is 18.8 Å². The van der Waals surface area contributed by atoms with E-state index in [4.69, 9.17) is 4.74 Å². The fourth-order valence-corrected chi connectivity index (χ4v) is 2.03. The van der Waals surface area contributed by atoms with Gasteiger partial charge in [-0.15, -0.1) is 0 Å². The number of benzene rings is 1. The number of carbonyl (C=O) groups is 2. The number of rotatable bonds is 3. The molecule has 1 aromatic rings. The molecule has 1 aliphatic heterocycles. The van der Waals surface area contributed by atoms with Gasteiger partial charge in [0.1, 0.15) is 0 Å². The van der Waals surface area contributed by atoms with Crippen LogP contribution < -0.4 is 5.32 Å². The summed E-state index contributed by atoms with van der Waals surface area (Å²) >= 11 is 0. The predicted molar refractivity (Wildman–Crippen MR) is 72.2 cm³/mol. The van der Waals surface area contributed by atoms with Crippen molar-refractivity contribution in [3.05, 3.63) is 29.8 Å². The number of hydrogen-bond donors (Lipinski definition) is 1. The Morgan fingerprint density at radius 2 is 1.84 bits per heavy atom. The Balaban J connectivity index is 1.94. The summed E-state index contributed by atoms with van der Waals surface area (Å²) in [4.78, 5) is 25.1. The normalized spacial score (nSPS) is 14.3. The maximum atomic E-state index is 11.9. The van der Waals surface area contributed by atoms with E-state index in [1.54, 1.807) is 36.1 Å². The van der Waals surface area contributed by atoms with E-state index in [1.807, 2.05) is 0 Å². The van der Waals surface area contributed by atoms with Gasteiger partial charge in [-0.3, -0.25) is 0 Å². The van der Waals surface area contributed by atoms with E-state index < -0.39 is 0 Å². The van der Waals surface area contributed by atoms with Crippen molar-refractivity contribution in [2.75, 3.05) is 25.0 Å². The molecule has 0 unspecified atom stereocenters. The van der Waals surface area contributed by atoms with E-state index >= 15 is 0 Å². The van der Waals surface area contributed by atoms with Crippen molar-refractivity contribution in [3.8, 4) is 0 Å². The van der Waals surface area contributed by atoms with Crippen LogP contribution in [0.1, 0.15) is 30.1 Å². The van der Waals surface area contributed by atoms with Crippen LogP contribution in [0, 0.1) is 0 Å². The minimum atomic E-state index is -0.347. The van der Waals surface area contributed by atoms with Crippen molar-refractivity contribution < 1.29 is 14.3 Å². The topological polar surface area (TPSA) is 58.6 Å². The minimum Gasteiger partial charge on any atom is -0.462 e. The molecule has 1 saturated heterocycles. The fraction of sp³-hybridized carbons (Fsp3) is 0.429. The summed E-state index contributed by atoms with van der Waals surface area (Å²) in [5, 5.41) is 2.82. The number of nitrogens with zero attached hydrogens (tertiary/aromatic N) is 1. The van der Waals surface area contributed by atoms with Crippen LogP contribution in [0.25, 0.3) is 0 Å². The number of anilines is 1. The third kappa shape index (κ3) is 3.47. The van der Waals surface area contributed by atoms with Gasteiger partial charge in [-0.05, 0) is 44.0 Å². The number of ether oxygens (including phenoxy) is 1. The Kier molecular flexibility index (Phi) is 4.39. The molecule has 0 spiro atoms. The summed E-state index contributed by atoms with van der Waals surface area (Å²) in [7, 11) is 0. The highest BCUT2D eigenvalue weighted by molar-refractivity contribution is 5.92. The summed E-state index contributed by atoms with van der Waals surface area (Å²) in [6, 6.07) is 6.64. The lowest BCUT2D eigenvalue weighted by atomic mass is 10.2. The summed E-state index contributed by atoms with van der Waals surface area (Å²) in [5.41, 5.74) is 1.17. The summed E-state index contributed by atoms with van der Waals surface area (Å²) in [5.74, 6) is -0.347. The van der Waals surface area contributed by atoms with E-state index in [1.165, 1.54) is 0 Å². The Morgan fingerprint density at radius 1 is 1.21 bits per heavy atom. The number of amides is 2. The lowest BCUT2D eigenvalue weighted by Gasteiger charge is -2.16. The smallest absolute Gasteiger partial charge is 0.338 e. The zero-order chi connectivity index (χ0) is 13.7. The molecule has 5 heteroatoms. The van der Waals surface area contributed by atoms with Gasteiger partial charge < -0.3 is 15.0 Å². The molecule has 1 aliphatic rings. The maximum Gasteiger partial charge on any atom is 0.338 e. The molecule has 0 radical (unpaired) electrons. The van der Waals surface area contributed by atoms with E-state index in [9.17, 15) is 9.59 Å². The number of likely N-dealkylation sites (tertiary alicyclic amines) is 1. The molecule has 5 nitrogen and oxygen atoms in total. The van der Waals surface area contributed by atoms with Gasteiger partial charge in [0.15, 0.2) is 0 Å². The van der Waals surface area contributed by atoms with Crippen molar-refractivity contribution in [2.24, 2.45) is 0 Å². The second-order valence-corrected chi connectivity index (χ2v) is 4.42. The average molecular weight is 262 g/mol. The molecule has 0 bridgehead atoms. The Morgan fingerprint density at radius 3 is 2.42 bits per heavy atom. The van der Waals surface area contributed by atoms with Crippen LogP contribution in [0.2, 0.25) is 0 Å². The first-order valence-corrected chi connectivity index (χ1v) is 6.54. The molecule has 1 N–H and O–H groups in total. The van der Waals surface area contributed by atoms with Crippen molar-refractivity contribution in [1.82, 2.24) is 4.90 Å². The molecule has 1 heterocycles. The van der Waals surface area contributed by atoms with Crippen LogP contribution in [0.15, 0.2) is 24.3 Å². The van der Waals surface area contributed by atoms with Gasteiger partial charge in [-0.1, -0.05) is 0 Å². The first kappa shape index (κ1) is 13.4. The van der Waals surface area contributed by atoms with E-state index in [2.05, 4.69) is 5.32 Å². The zero-order valence-electron chi connectivity index (χ0n) is 11.0. The second-order valence-electron chi connectivity index (χ2n) is 4.42. The quantitative estimate of drug-likeness (QED) is 0.851. The summed E-state index contributed by atoms with van der Waals surface area (Å²) in [6.45, 7) is 3.74. The summed E-state index contributed by atoms with van der Waals surface area (Å²) in [6.07, 6.45) is 2.13. The third-order valence-electron chi connectivity index (χ3n) is 3.04. The molecule has 19 heavy (non-hydrogen) atoms. The van der Waals surface area contributed by atoms with Gasteiger partial charge in [0.25, 0.3) is 0 Å². The molecule has 1 aromatic carbocycles. The van der Waals surface area contributed by atoms with Crippen LogP contribution in [0.3, 0.4) is 0 Å². The molecular formula is C14H18N2O3. The van der Waals surface area contributed by atoms with Gasteiger partial charge in [-0.25, -0.2) is 9.59 Å². The number of carbonyl (C=O) groups excluding carboxylic acids is 2. The van der Waals surface area contributed by atoms with Gasteiger partial charge in [0.05, 0.1) is 12.2 Å². The van der Waals surface area contributed by atoms with Gasteiger partial charge >= 0.3 is 12.0 Å². The number of hydrogen-bond acceptors (Lipinski definition) is 3. The molecule has 1 fully saturated rings. The molecule has 0 atom stereocenters. The predicted octanol–water partition coefficient (Wildman–Crippen LogP) is 2.49. The molecule has 2 amide bonds. The van der Waals surface area contributed by atoms with Gasteiger partial charge in [0.2, 0.25) is 0 Å². The first-order valence-electron chi connectivity index (χ1n) is 6.54. The second kappa shape index (κ2) is 6.22. The number of urea groups is 1. The molecule has 0 aromatic heterocycles. The van der Waals surface area contributed by atoms with Crippen LogP contribution in [-0.4, -0.2) is 36.6 Å². The Labute approximate surface area is 112 Å². The number of esters is 1. The molecule has 0 aliphatic carbocycles. The zero-order valence-corrected chi connectivity index (χ0v) is 11.0. The minimum absolute atomic E-state index is 0.0821. The fourth-order valence-electron chi connectivity index (χ4n) is 2.03. The van der Waals surface area contributed by atoms with Crippen molar-refractivity contribution in [1.29, 1.82) is 0 Å². The lowest BCUT2D eigenvalue weighted by molar-refractivity contribution is 0.0526. The lowest BCUT2D eigenvalue weighted by Crippen LogP contribution is -2.32. The molecule has 2 rings (SSSR count). The largest absolute Gasteiger partial charge is 0.462 e. The highest BCUT2D eigenvalue weighted by atomic mass is 16.5. The van der Waals surface area contributed by atoms with Crippen LogP contribution in [0.4, 0.5) is 10.5 Å². The Hall–Kier alpha value is -2.04. The molecule has 0 saturated carbocycles. The standard InChI is InChI=1S/C14H18N2O3/c1-2-19-13(17)11-5-7-12(8-6-11)15-14(18)16-9-3-4-10-16/h5-8H,2-4,9-10H2,1H3,(H,15,18). The van der Waals surface area contributed by atoms with Crippen LogP contribution >= 0.6 is 0 Å². The first-order chi connectivity index (χ1) is 9.20. The van der Waals surface area contributed by atoms with E-state index in [-0.39, 0.29) is 12.0 Å². The highest BCUT2D eigenvalue weighted by Crippen LogP contribution is 2.13. The van der Waals surface area contributed by atoms with Crippen molar-refractivity contribution >= 4 is 17.7 Å². The van der Waals surface area contributed by atoms with Crippen LogP contribution in [-0.2, 0) is 4.74 Å².